The predicted octanol–water partition coefficient (Wildman–Crippen LogP) is 4.35. The standard InChI is InChI=1S/C14H15NO2S.C2H6/c1-9(16)8-12-6-4-5-7-13(12)15-14-17-10(2)11(3)18-14;1-2/h4-7H,8H2,1-3H3;1-2H3. The molecule has 0 aliphatic heterocycles. The minimum Gasteiger partial charge on any atom is -0.435 e. The Kier molecular flexibility index (Phi) is 6.39. The number of hydrogen-bond donors (Lipinski definition) is 0. The summed E-state index contributed by atoms with van der Waals surface area (Å²) in [6, 6.07) is 7.65. The Labute approximate surface area is 124 Å². The monoisotopic (exact) mass is 291 g/mol. The number of para-hydroxylation sites is 1. The zero-order chi connectivity index (χ0) is 15.1. The van der Waals surface area contributed by atoms with Crippen LogP contribution in [0, 0.1) is 13.8 Å². The van der Waals surface area contributed by atoms with Gasteiger partial charge in [0.25, 0.3) is 4.87 Å². The molecule has 1 heterocycles. The second kappa shape index (κ2) is 7.80. The van der Waals surface area contributed by atoms with E-state index in [1.165, 1.54) is 11.3 Å². The number of carbonyl (C=O) groups is 1. The molecule has 0 N–H and O–H groups in total. The van der Waals surface area contributed by atoms with E-state index in [0.717, 1.165) is 21.9 Å². The van der Waals surface area contributed by atoms with Crippen LogP contribution in [0.25, 0.3) is 0 Å². The summed E-state index contributed by atoms with van der Waals surface area (Å²) in [6.07, 6.45) is 0.406. The Morgan fingerprint density at radius 3 is 2.45 bits per heavy atom. The Bertz CT molecular complexity index is 615. The van der Waals surface area contributed by atoms with Crippen molar-refractivity contribution in [1.29, 1.82) is 0 Å². The van der Waals surface area contributed by atoms with E-state index in [1.807, 2.05) is 52.0 Å². The summed E-state index contributed by atoms with van der Waals surface area (Å²) in [7, 11) is 0. The van der Waals surface area contributed by atoms with E-state index in [2.05, 4.69) is 4.99 Å². The zero-order valence-electron chi connectivity index (χ0n) is 12.7. The van der Waals surface area contributed by atoms with Gasteiger partial charge >= 0.3 is 0 Å². The first-order valence-corrected chi connectivity index (χ1v) is 7.57. The summed E-state index contributed by atoms with van der Waals surface area (Å²) in [4.78, 5) is 17.4. The second-order valence-corrected chi connectivity index (χ2v) is 5.37. The van der Waals surface area contributed by atoms with Gasteiger partial charge in [0.15, 0.2) is 0 Å². The van der Waals surface area contributed by atoms with Gasteiger partial charge in [0.2, 0.25) is 0 Å². The number of ketones is 1. The van der Waals surface area contributed by atoms with Crippen LogP contribution >= 0.6 is 11.3 Å². The predicted molar refractivity (Wildman–Crippen MR) is 83.5 cm³/mol. The fraction of sp³-hybridized carbons (Fsp3) is 0.375. The third-order valence-corrected chi connectivity index (χ3v) is 3.56. The summed E-state index contributed by atoms with van der Waals surface area (Å²) >= 11 is 1.52. The van der Waals surface area contributed by atoms with Crippen LogP contribution in [0.1, 0.15) is 37.0 Å². The molecule has 0 aliphatic carbocycles. The van der Waals surface area contributed by atoms with Crippen molar-refractivity contribution >= 4 is 22.8 Å². The maximum atomic E-state index is 11.2. The van der Waals surface area contributed by atoms with Crippen LogP contribution in [0.4, 0.5) is 5.69 Å². The third kappa shape index (κ3) is 4.46. The number of rotatable bonds is 3. The normalized spacial score (nSPS) is 10.9. The molecule has 108 valence electrons. The number of carbonyl (C=O) groups excluding carboxylic acids is 1. The van der Waals surface area contributed by atoms with Crippen molar-refractivity contribution in [1.82, 2.24) is 0 Å². The Morgan fingerprint density at radius 2 is 1.90 bits per heavy atom. The van der Waals surface area contributed by atoms with Gasteiger partial charge in [-0.2, -0.15) is 0 Å². The summed E-state index contributed by atoms with van der Waals surface area (Å²) in [5.41, 5.74) is 1.74. The molecular weight excluding hydrogens is 270 g/mol. The van der Waals surface area contributed by atoms with Crippen LogP contribution in [0.2, 0.25) is 0 Å². The molecule has 0 bridgehead atoms. The van der Waals surface area contributed by atoms with Crippen LogP contribution in [0.15, 0.2) is 33.7 Å². The Balaban J connectivity index is 0.000000956. The van der Waals surface area contributed by atoms with Crippen molar-refractivity contribution in [2.24, 2.45) is 4.99 Å². The number of hydrogen-bond acceptors (Lipinski definition) is 4. The molecule has 0 unspecified atom stereocenters. The summed E-state index contributed by atoms with van der Waals surface area (Å²) in [6.45, 7) is 9.51. The van der Waals surface area contributed by atoms with Crippen LogP contribution in [0.5, 0.6) is 0 Å². The van der Waals surface area contributed by atoms with E-state index in [1.54, 1.807) is 6.92 Å². The highest BCUT2D eigenvalue weighted by Gasteiger charge is 2.05. The number of nitrogens with zero attached hydrogens (tertiary/aromatic N) is 1. The van der Waals surface area contributed by atoms with E-state index >= 15 is 0 Å². The van der Waals surface area contributed by atoms with Gasteiger partial charge < -0.3 is 4.42 Å². The molecule has 0 saturated heterocycles. The van der Waals surface area contributed by atoms with Crippen LogP contribution < -0.4 is 4.87 Å². The van der Waals surface area contributed by atoms with Gasteiger partial charge in [0.05, 0.1) is 5.69 Å². The van der Waals surface area contributed by atoms with Crippen LogP contribution in [-0.2, 0) is 11.2 Å². The highest BCUT2D eigenvalue weighted by molar-refractivity contribution is 7.09. The van der Waals surface area contributed by atoms with Crippen LogP contribution in [-0.4, -0.2) is 5.78 Å². The fourth-order valence-electron chi connectivity index (χ4n) is 1.61. The molecule has 0 saturated carbocycles. The molecule has 0 aliphatic rings. The molecule has 0 amide bonds. The summed E-state index contributed by atoms with van der Waals surface area (Å²) in [5.74, 6) is 1.02. The van der Waals surface area contributed by atoms with Crippen molar-refractivity contribution < 1.29 is 9.21 Å². The largest absolute Gasteiger partial charge is 0.435 e. The van der Waals surface area contributed by atoms with Crippen molar-refractivity contribution in [3.8, 4) is 0 Å². The first kappa shape index (κ1) is 16.4. The number of Topliss-reactive ketones (excluding diaryl/α,β-unsaturated/α-hetero) is 1. The highest BCUT2D eigenvalue weighted by Crippen LogP contribution is 2.19. The van der Waals surface area contributed by atoms with Crippen LogP contribution in [0.3, 0.4) is 0 Å². The van der Waals surface area contributed by atoms with E-state index < -0.39 is 0 Å². The van der Waals surface area contributed by atoms with Crippen molar-refractivity contribution in [2.75, 3.05) is 0 Å². The molecule has 2 aromatic rings. The average Bonchev–Trinajstić information content (AvgIpc) is 2.72. The molecular formula is C16H21NO2S. The van der Waals surface area contributed by atoms with Crippen molar-refractivity contribution in [3.63, 3.8) is 0 Å². The first-order valence-electron chi connectivity index (χ1n) is 6.75. The molecule has 0 atom stereocenters. The lowest BCUT2D eigenvalue weighted by atomic mass is 10.1. The van der Waals surface area contributed by atoms with E-state index in [9.17, 15) is 4.79 Å². The molecule has 1 aromatic heterocycles. The lowest BCUT2D eigenvalue weighted by Crippen LogP contribution is -1.98. The van der Waals surface area contributed by atoms with Crippen molar-refractivity contribution in [2.45, 2.75) is 41.0 Å². The van der Waals surface area contributed by atoms with Gasteiger partial charge in [-0.3, -0.25) is 4.79 Å². The summed E-state index contributed by atoms with van der Waals surface area (Å²) < 4.78 is 5.55. The molecule has 2 rings (SSSR count). The minimum absolute atomic E-state index is 0.133. The lowest BCUT2D eigenvalue weighted by molar-refractivity contribution is -0.116. The first-order chi connectivity index (χ1) is 9.56. The van der Waals surface area contributed by atoms with Gasteiger partial charge in [0, 0.05) is 11.3 Å². The lowest BCUT2D eigenvalue weighted by Gasteiger charge is -2.01. The van der Waals surface area contributed by atoms with Gasteiger partial charge in [0.1, 0.15) is 11.5 Å². The fourth-order valence-corrected chi connectivity index (χ4v) is 2.37. The number of benzene rings is 1. The maximum absolute atomic E-state index is 11.2. The van der Waals surface area contributed by atoms with Gasteiger partial charge in [-0.15, -0.1) is 0 Å². The third-order valence-electron chi connectivity index (χ3n) is 2.62. The second-order valence-electron chi connectivity index (χ2n) is 4.20. The topological polar surface area (TPSA) is 42.6 Å². The Morgan fingerprint density at radius 1 is 1.25 bits per heavy atom. The molecule has 0 spiro atoms. The van der Waals surface area contributed by atoms with Gasteiger partial charge in [-0.25, -0.2) is 4.99 Å². The maximum Gasteiger partial charge on any atom is 0.279 e. The SMILES string of the molecule is CC.CC(=O)Cc1ccccc1N=c1oc(C)c(C)s1. The number of aryl methyl sites for hydroxylation is 2. The summed E-state index contributed by atoms with van der Waals surface area (Å²) in [5, 5.41) is 0. The van der Waals surface area contributed by atoms with E-state index in [4.69, 9.17) is 4.42 Å². The van der Waals surface area contributed by atoms with E-state index in [0.29, 0.717) is 11.3 Å². The van der Waals surface area contributed by atoms with Crippen molar-refractivity contribution in [3.05, 3.63) is 45.3 Å². The molecule has 3 nitrogen and oxygen atoms in total. The van der Waals surface area contributed by atoms with E-state index in [-0.39, 0.29) is 5.78 Å². The molecule has 4 heteroatoms. The smallest absolute Gasteiger partial charge is 0.279 e. The Hall–Kier alpha value is -1.68. The molecule has 20 heavy (non-hydrogen) atoms. The molecule has 0 fully saturated rings. The minimum atomic E-state index is 0.133. The highest BCUT2D eigenvalue weighted by atomic mass is 32.1. The van der Waals surface area contributed by atoms with Gasteiger partial charge in [-0.05, 0) is 32.4 Å². The quantitative estimate of drug-likeness (QED) is 0.843. The van der Waals surface area contributed by atoms with Gasteiger partial charge in [-0.1, -0.05) is 43.4 Å². The zero-order valence-corrected chi connectivity index (χ0v) is 13.5. The average molecular weight is 291 g/mol. The molecule has 1 aromatic carbocycles. The molecule has 0 radical (unpaired) electrons.